The fourth-order valence-corrected chi connectivity index (χ4v) is 1.09. The molecule has 0 radical (unpaired) electrons. The number of hydrogen-bond donors (Lipinski definition) is 2. The number of halogens is 1. The van der Waals surface area contributed by atoms with Crippen LogP contribution in [0.1, 0.15) is 18.1 Å². The summed E-state index contributed by atoms with van der Waals surface area (Å²) in [6.45, 7) is 2.61. The van der Waals surface area contributed by atoms with Crippen LogP contribution in [0.4, 0.5) is 0 Å². The predicted molar refractivity (Wildman–Crippen MR) is 59.1 cm³/mol. The van der Waals surface area contributed by atoms with Gasteiger partial charge in [-0.3, -0.25) is 4.79 Å². The van der Waals surface area contributed by atoms with E-state index in [0.717, 1.165) is 11.1 Å². The zero-order valence-corrected chi connectivity index (χ0v) is 8.93. The van der Waals surface area contributed by atoms with E-state index in [9.17, 15) is 4.79 Å². The molecule has 0 saturated carbocycles. The van der Waals surface area contributed by atoms with Gasteiger partial charge in [0.25, 0.3) is 0 Å². The van der Waals surface area contributed by atoms with Gasteiger partial charge in [-0.1, -0.05) is 24.3 Å². The number of carbonyl (C=O) groups excluding carboxylic acids is 1. The van der Waals surface area contributed by atoms with Gasteiger partial charge in [0.2, 0.25) is 5.91 Å². The van der Waals surface area contributed by atoms with Crippen molar-refractivity contribution < 1.29 is 4.79 Å². The van der Waals surface area contributed by atoms with Gasteiger partial charge in [0, 0.05) is 20.0 Å². The molecule has 0 aliphatic heterocycles. The van der Waals surface area contributed by atoms with Crippen molar-refractivity contribution in [1.82, 2.24) is 5.32 Å². The van der Waals surface area contributed by atoms with Gasteiger partial charge < -0.3 is 11.1 Å². The number of rotatable bonds is 3. The quantitative estimate of drug-likeness (QED) is 0.795. The smallest absolute Gasteiger partial charge is 0.217 e. The lowest BCUT2D eigenvalue weighted by Crippen LogP contribution is -2.18. The van der Waals surface area contributed by atoms with E-state index in [1.54, 1.807) is 0 Å². The highest BCUT2D eigenvalue weighted by Crippen LogP contribution is 2.03. The van der Waals surface area contributed by atoms with Gasteiger partial charge >= 0.3 is 0 Å². The first-order valence-electron chi connectivity index (χ1n) is 4.24. The van der Waals surface area contributed by atoms with Crippen LogP contribution in [0.3, 0.4) is 0 Å². The Bertz CT molecular complexity index is 302. The highest BCUT2D eigenvalue weighted by molar-refractivity contribution is 5.85. The van der Waals surface area contributed by atoms with Crippen molar-refractivity contribution in [2.75, 3.05) is 0 Å². The van der Waals surface area contributed by atoms with Crippen LogP contribution in [0, 0.1) is 0 Å². The summed E-state index contributed by atoms with van der Waals surface area (Å²) in [5, 5.41) is 2.73. The normalized spacial score (nSPS) is 9.00. The van der Waals surface area contributed by atoms with Crippen LogP contribution in [0.15, 0.2) is 24.3 Å². The maximum atomic E-state index is 10.6. The molecule has 0 aliphatic rings. The highest BCUT2D eigenvalue weighted by atomic mass is 35.5. The second-order valence-corrected chi connectivity index (χ2v) is 2.93. The van der Waals surface area contributed by atoms with Crippen molar-refractivity contribution in [1.29, 1.82) is 0 Å². The molecule has 14 heavy (non-hydrogen) atoms. The second-order valence-electron chi connectivity index (χ2n) is 2.93. The molecule has 0 spiro atoms. The fraction of sp³-hybridized carbons (Fsp3) is 0.300. The van der Waals surface area contributed by atoms with E-state index in [0.29, 0.717) is 13.1 Å². The molecule has 1 aromatic rings. The number of nitrogens with two attached hydrogens (primary N) is 1. The molecule has 1 rings (SSSR count). The standard InChI is InChI=1S/C10H14N2O.ClH/c1-8(13)12-7-10-4-2-3-9(5-10)6-11;/h2-5H,6-7,11H2,1H3,(H,12,13);1H. The van der Waals surface area contributed by atoms with Crippen LogP contribution in [0.2, 0.25) is 0 Å². The number of benzene rings is 1. The van der Waals surface area contributed by atoms with E-state index < -0.39 is 0 Å². The SMILES string of the molecule is CC(=O)NCc1cccc(CN)c1.Cl. The summed E-state index contributed by atoms with van der Waals surface area (Å²) >= 11 is 0. The van der Waals surface area contributed by atoms with Gasteiger partial charge in [0.15, 0.2) is 0 Å². The first kappa shape index (κ1) is 12.9. The number of amides is 1. The van der Waals surface area contributed by atoms with Gasteiger partial charge in [-0.05, 0) is 11.1 Å². The number of carbonyl (C=O) groups is 1. The molecule has 0 aliphatic carbocycles. The largest absolute Gasteiger partial charge is 0.352 e. The Kier molecular flexibility index (Phi) is 5.92. The van der Waals surface area contributed by atoms with Gasteiger partial charge in [0.1, 0.15) is 0 Å². The minimum Gasteiger partial charge on any atom is -0.352 e. The summed E-state index contributed by atoms with van der Waals surface area (Å²) in [4.78, 5) is 10.6. The lowest BCUT2D eigenvalue weighted by Gasteiger charge is -2.03. The molecule has 4 heteroatoms. The second kappa shape index (κ2) is 6.40. The highest BCUT2D eigenvalue weighted by Gasteiger charge is 1.95. The summed E-state index contributed by atoms with van der Waals surface area (Å²) in [6.07, 6.45) is 0. The molecular formula is C10H15ClN2O. The lowest BCUT2D eigenvalue weighted by molar-refractivity contribution is -0.119. The van der Waals surface area contributed by atoms with Crippen molar-refractivity contribution in [3.8, 4) is 0 Å². The monoisotopic (exact) mass is 214 g/mol. The molecule has 0 atom stereocenters. The Labute approximate surface area is 90.1 Å². The Morgan fingerprint density at radius 1 is 1.43 bits per heavy atom. The molecule has 1 amide bonds. The number of nitrogens with one attached hydrogen (secondary N) is 1. The summed E-state index contributed by atoms with van der Waals surface area (Å²) < 4.78 is 0. The zero-order valence-electron chi connectivity index (χ0n) is 8.12. The molecule has 0 saturated heterocycles. The molecule has 0 unspecified atom stereocenters. The van der Waals surface area contributed by atoms with Crippen LogP contribution in [-0.2, 0) is 17.9 Å². The average Bonchev–Trinajstić information content (AvgIpc) is 2.15. The van der Waals surface area contributed by atoms with Gasteiger partial charge in [-0.25, -0.2) is 0 Å². The Balaban J connectivity index is 0.00000169. The molecular weight excluding hydrogens is 200 g/mol. The summed E-state index contributed by atoms with van der Waals surface area (Å²) in [7, 11) is 0. The van der Waals surface area contributed by atoms with Crippen molar-refractivity contribution in [3.05, 3.63) is 35.4 Å². The minimum atomic E-state index is -0.0156. The van der Waals surface area contributed by atoms with E-state index >= 15 is 0 Å². The van der Waals surface area contributed by atoms with Crippen molar-refractivity contribution in [2.24, 2.45) is 5.73 Å². The van der Waals surface area contributed by atoms with Gasteiger partial charge in [-0.15, -0.1) is 12.4 Å². The maximum absolute atomic E-state index is 10.6. The predicted octanol–water partition coefficient (Wildman–Crippen LogP) is 1.20. The summed E-state index contributed by atoms with van der Waals surface area (Å²) in [5.41, 5.74) is 7.65. The molecule has 1 aromatic carbocycles. The molecule has 3 N–H and O–H groups in total. The van der Waals surface area contributed by atoms with E-state index in [2.05, 4.69) is 5.32 Å². The van der Waals surface area contributed by atoms with Crippen molar-refractivity contribution in [3.63, 3.8) is 0 Å². The first-order valence-corrected chi connectivity index (χ1v) is 4.24. The topological polar surface area (TPSA) is 55.1 Å². The van der Waals surface area contributed by atoms with Crippen LogP contribution in [-0.4, -0.2) is 5.91 Å². The molecule has 78 valence electrons. The third-order valence-electron chi connectivity index (χ3n) is 1.77. The van der Waals surface area contributed by atoms with Crippen LogP contribution in [0.5, 0.6) is 0 Å². The third kappa shape index (κ3) is 4.25. The molecule has 3 nitrogen and oxygen atoms in total. The van der Waals surface area contributed by atoms with Crippen LogP contribution in [0.25, 0.3) is 0 Å². The average molecular weight is 215 g/mol. The first-order chi connectivity index (χ1) is 6.22. The lowest BCUT2D eigenvalue weighted by atomic mass is 10.1. The van der Waals surface area contributed by atoms with Crippen molar-refractivity contribution in [2.45, 2.75) is 20.0 Å². The van der Waals surface area contributed by atoms with Crippen LogP contribution < -0.4 is 11.1 Å². The van der Waals surface area contributed by atoms with E-state index in [1.807, 2.05) is 24.3 Å². The molecule has 0 bridgehead atoms. The molecule has 0 fully saturated rings. The van der Waals surface area contributed by atoms with Crippen LogP contribution >= 0.6 is 12.4 Å². The van der Waals surface area contributed by atoms with E-state index in [-0.39, 0.29) is 18.3 Å². The van der Waals surface area contributed by atoms with Crippen molar-refractivity contribution >= 4 is 18.3 Å². The molecule has 0 heterocycles. The molecule has 0 aromatic heterocycles. The Hall–Kier alpha value is -1.06. The zero-order chi connectivity index (χ0) is 9.68. The maximum Gasteiger partial charge on any atom is 0.217 e. The minimum absolute atomic E-state index is 0. The Morgan fingerprint density at radius 3 is 2.64 bits per heavy atom. The summed E-state index contributed by atoms with van der Waals surface area (Å²) in [5.74, 6) is -0.0156. The van der Waals surface area contributed by atoms with E-state index in [4.69, 9.17) is 5.73 Å². The van der Waals surface area contributed by atoms with Gasteiger partial charge in [0.05, 0.1) is 0 Å². The van der Waals surface area contributed by atoms with Gasteiger partial charge in [-0.2, -0.15) is 0 Å². The summed E-state index contributed by atoms with van der Waals surface area (Å²) in [6, 6.07) is 7.88. The third-order valence-corrected chi connectivity index (χ3v) is 1.77. The van der Waals surface area contributed by atoms with E-state index in [1.165, 1.54) is 6.92 Å². The Morgan fingerprint density at radius 2 is 2.07 bits per heavy atom. The number of hydrogen-bond acceptors (Lipinski definition) is 2. The fourth-order valence-electron chi connectivity index (χ4n) is 1.09.